The van der Waals surface area contributed by atoms with Crippen molar-refractivity contribution in [3.8, 4) is 0 Å². The highest BCUT2D eigenvalue weighted by Crippen LogP contribution is 2.17. The zero-order valence-corrected chi connectivity index (χ0v) is 6.88. The minimum atomic E-state index is -2.79. The van der Waals surface area contributed by atoms with Crippen LogP contribution < -0.4 is 11.3 Å². The van der Waals surface area contributed by atoms with Gasteiger partial charge in [-0.25, -0.2) is 14.6 Å². The van der Waals surface area contributed by atoms with E-state index in [0.29, 0.717) is 0 Å². The summed E-state index contributed by atoms with van der Waals surface area (Å²) in [6.45, 7) is 0.761. The van der Waals surface area contributed by atoms with E-state index in [0.717, 1.165) is 6.92 Å². The first-order chi connectivity index (χ1) is 4.45. The third-order valence-corrected chi connectivity index (χ3v) is 0.952. The second-order valence-electron chi connectivity index (χ2n) is 2.14. The molecule has 6 heteroatoms. The van der Waals surface area contributed by atoms with Crippen molar-refractivity contribution in [2.45, 2.75) is 25.7 Å². The van der Waals surface area contributed by atoms with Crippen molar-refractivity contribution in [3.63, 3.8) is 0 Å². The fourth-order valence-electron chi connectivity index (χ4n) is 0.405. The van der Waals surface area contributed by atoms with Gasteiger partial charge in [0, 0.05) is 12.8 Å². The molecule has 0 spiro atoms. The average Bonchev–Trinajstić information content (AvgIpc) is 1.81. The molecule has 0 aliphatic rings. The Morgan fingerprint density at radius 3 is 2.36 bits per heavy atom. The minimum absolute atomic E-state index is 0. The van der Waals surface area contributed by atoms with Crippen molar-refractivity contribution >= 4 is 18.3 Å². The summed E-state index contributed by atoms with van der Waals surface area (Å²) in [5, 5.41) is 0. The summed E-state index contributed by atoms with van der Waals surface area (Å²) in [4.78, 5) is 10.3. The lowest BCUT2D eigenvalue weighted by molar-refractivity contribution is -0.122. The molecule has 0 aliphatic carbocycles. The first kappa shape index (κ1) is 13.2. The van der Waals surface area contributed by atoms with Crippen molar-refractivity contribution in [2.24, 2.45) is 5.84 Å². The number of carbonyl (C=O) groups excluding carboxylic acids is 1. The molecule has 0 aromatic carbocycles. The van der Waals surface area contributed by atoms with E-state index in [4.69, 9.17) is 0 Å². The maximum Gasteiger partial charge on any atom is 0.245 e. The van der Waals surface area contributed by atoms with Gasteiger partial charge in [-0.1, -0.05) is 0 Å². The van der Waals surface area contributed by atoms with Crippen LogP contribution in [0.4, 0.5) is 8.78 Å². The summed E-state index contributed by atoms with van der Waals surface area (Å²) in [5.74, 6) is 1.30. The first-order valence-electron chi connectivity index (χ1n) is 2.83. The number of carbonyl (C=O) groups is 1. The van der Waals surface area contributed by atoms with Gasteiger partial charge in [0.1, 0.15) is 0 Å². The summed E-state index contributed by atoms with van der Waals surface area (Å²) in [7, 11) is 0. The number of rotatable bonds is 3. The molecule has 0 fully saturated rings. The lowest BCUT2D eigenvalue weighted by Crippen LogP contribution is -2.31. The number of nitrogens with two attached hydrogens (primary N) is 1. The summed E-state index contributed by atoms with van der Waals surface area (Å²) >= 11 is 0. The van der Waals surface area contributed by atoms with Crippen LogP contribution in [0.3, 0.4) is 0 Å². The number of halogens is 3. The molecule has 0 bridgehead atoms. The Labute approximate surface area is 69.7 Å². The third kappa shape index (κ3) is 9.58. The second kappa shape index (κ2) is 5.26. The van der Waals surface area contributed by atoms with Crippen molar-refractivity contribution in [1.82, 2.24) is 5.43 Å². The fraction of sp³-hybridized carbons (Fsp3) is 0.800. The van der Waals surface area contributed by atoms with Crippen LogP contribution >= 0.6 is 12.4 Å². The summed E-state index contributed by atoms with van der Waals surface area (Å²) in [6.07, 6.45) is -0.698. The first-order valence-corrected chi connectivity index (χ1v) is 2.83. The van der Waals surface area contributed by atoms with E-state index in [1.165, 1.54) is 0 Å². The summed E-state index contributed by atoms with van der Waals surface area (Å²) in [6, 6.07) is 0. The van der Waals surface area contributed by atoms with E-state index >= 15 is 0 Å². The Hall–Kier alpha value is -0.420. The van der Waals surface area contributed by atoms with E-state index in [2.05, 4.69) is 5.84 Å². The monoisotopic (exact) mass is 188 g/mol. The highest BCUT2D eigenvalue weighted by atomic mass is 35.5. The molecule has 0 aromatic heterocycles. The van der Waals surface area contributed by atoms with Gasteiger partial charge >= 0.3 is 0 Å². The highest BCUT2D eigenvalue weighted by Gasteiger charge is 2.21. The number of amides is 1. The number of nitrogens with one attached hydrogen (secondary N) is 1. The molecule has 11 heavy (non-hydrogen) atoms. The molecule has 0 aromatic rings. The number of hydrogen-bond acceptors (Lipinski definition) is 2. The van der Waals surface area contributed by atoms with Gasteiger partial charge < -0.3 is 0 Å². The van der Waals surface area contributed by atoms with Gasteiger partial charge in [-0.15, -0.1) is 12.4 Å². The zero-order valence-electron chi connectivity index (χ0n) is 6.06. The maximum absolute atomic E-state index is 12.0. The Kier molecular flexibility index (Phi) is 6.31. The largest absolute Gasteiger partial charge is 0.294 e. The molecule has 1 amide bonds. The van der Waals surface area contributed by atoms with Crippen molar-refractivity contribution in [3.05, 3.63) is 0 Å². The third-order valence-electron chi connectivity index (χ3n) is 0.952. The van der Waals surface area contributed by atoms with Crippen molar-refractivity contribution in [2.75, 3.05) is 0 Å². The Morgan fingerprint density at radius 2 is 2.09 bits per heavy atom. The van der Waals surface area contributed by atoms with Crippen LogP contribution in [0, 0.1) is 0 Å². The van der Waals surface area contributed by atoms with E-state index in [9.17, 15) is 13.6 Å². The fourth-order valence-corrected chi connectivity index (χ4v) is 0.405. The average molecular weight is 189 g/mol. The van der Waals surface area contributed by atoms with E-state index in [-0.39, 0.29) is 18.8 Å². The molecule has 0 rings (SSSR count). The van der Waals surface area contributed by atoms with Crippen LogP contribution in [0.25, 0.3) is 0 Å². The number of alkyl halides is 2. The van der Waals surface area contributed by atoms with Crippen LogP contribution in [-0.4, -0.2) is 11.8 Å². The predicted molar refractivity (Wildman–Crippen MR) is 39.4 cm³/mol. The van der Waals surface area contributed by atoms with Crippen LogP contribution in [0.15, 0.2) is 0 Å². The minimum Gasteiger partial charge on any atom is -0.294 e. The van der Waals surface area contributed by atoms with Crippen molar-refractivity contribution < 1.29 is 13.6 Å². The smallest absolute Gasteiger partial charge is 0.245 e. The predicted octanol–water partition coefficient (Wildman–Crippen LogP) is 0.833. The van der Waals surface area contributed by atoms with Crippen LogP contribution in [0.2, 0.25) is 0 Å². The molecule has 0 aliphatic heterocycles. The van der Waals surface area contributed by atoms with E-state index < -0.39 is 18.3 Å². The molecule has 0 heterocycles. The topological polar surface area (TPSA) is 55.1 Å². The lowest BCUT2D eigenvalue weighted by Gasteiger charge is -2.07. The van der Waals surface area contributed by atoms with Gasteiger partial charge in [0.25, 0.3) is 0 Å². The standard InChI is InChI=1S/C5H10F2N2O.ClH/c1-5(6,7)3-2-4(10)9-8;/h2-3,8H2,1H3,(H,9,10);1H. The second-order valence-corrected chi connectivity index (χ2v) is 2.14. The summed E-state index contributed by atoms with van der Waals surface area (Å²) < 4.78 is 24.0. The van der Waals surface area contributed by atoms with Gasteiger partial charge in [0.15, 0.2) is 0 Å². The van der Waals surface area contributed by atoms with Crippen LogP contribution in [0.5, 0.6) is 0 Å². The Morgan fingerprint density at radius 1 is 1.64 bits per heavy atom. The molecule has 0 unspecified atom stereocenters. The normalized spacial score (nSPS) is 10.2. The maximum atomic E-state index is 12.0. The van der Waals surface area contributed by atoms with Crippen molar-refractivity contribution in [1.29, 1.82) is 0 Å². The molecule has 68 valence electrons. The summed E-state index contributed by atoms with van der Waals surface area (Å²) in [5.41, 5.74) is 1.77. The van der Waals surface area contributed by atoms with Gasteiger partial charge in [0.05, 0.1) is 0 Å². The Balaban J connectivity index is 0. The zero-order chi connectivity index (χ0) is 8.20. The molecule has 0 saturated carbocycles. The van der Waals surface area contributed by atoms with E-state index in [1.807, 2.05) is 0 Å². The number of hydrogen-bond donors (Lipinski definition) is 2. The molecule has 3 nitrogen and oxygen atoms in total. The number of hydrazine groups is 1. The molecule has 0 saturated heterocycles. The van der Waals surface area contributed by atoms with Gasteiger partial charge in [-0.2, -0.15) is 0 Å². The Bertz CT molecular complexity index is 126. The quantitative estimate of drug-likeness (QED) is 0.392. The van der Waals surface area contributed by atoms with Crippen LogP contribution in [0.1, 0.15) is 19.8 Å². The SMILES string of the molecule is CC(F)(F)CCC(=O)NN.Cl. The van der Waals surface area contributed by atoms with Crippen LogP contribution in [-0.2, 0) is 4.79 Å². The molecular weight excluding hydrogens is 178 g/mol. The molecule has 0 radical (unpaired) electrons. The lowest BCUT2D eigenvalue weighted by atomic mass is 10.2. The van der Waals surface area contributed by atoms with Gasteiger partial charge in [-0.05, 0) is 6.92 Å². The van der Waals surface area contributed by atoms with Gasteiger partial charge in [0.2, 0.25) is 11.8 Å². The molecular formula is C5H11ClF2N2O. The molecule has 3 N–H and O–H groups in total. The molecule has 0 atom stereocenters. The van der Waals surface area contributed by atoms with E-state index in [1.54, 1.807) is 5.43 Å². The van der Waals surface area contributed by atoms with Gasteiger partial charge in [-0.3, -0.25) is 10.2 Å². The highest BCUT2D eigenvalue weighted by molar-refractivity contribution is 5.85.